The summed E-state index contributed by atoms with van der Waals surface area (Å²) < 4.78 is 0. The molecule has 0 fully saturated rings. The van der Waals surface area contributed by atoms with Crippen LogP contribution < -0.4 is 10.4 Å². The first kappa shape index (κ1) is 27.5. The molecule has 2 heteroatoms. The van der Waals surface area contributed by atoms with Gasteiger partial charge in [0.25, 0.3) is 0 Å². The third-order valence-electron chi connectivity index (χ3n) is 8.96. The second kappa shape index (κ2) is 11.7. The first-order chi connectivity index (χ1) is 21.5. The average Bonchev–Trinajstić information content (AvgIpc) is 3.45. The predicted molar refractivity (Wildman–Crippen MR) is 186 cm³/mol. The molecule has 1 heterocycles. The van der Waals surface area contributed by atoms with Gasteiger partial charge < -0.3 is 5.41 Å². The van der Waals surface area contributed by atoms with Gasteiger partial charge in [-0.25, -0.2) is 0 Å². The third kappa shape index (κ3) is 5.31. The maximum Gasteiger partial charge on any atom is 0.0612 e. The van der Waals surface area contributed by atoms with Crippen LogP contribution in [0.2, 0.25) is 0 Å². The van der Waals surface area contributed by atoms with Crippen molar-refractivity contribution in [1.82, 2.24) is 4.98 Å². The van der Waals surface area contributed by atoms with E-state index >= 15 is 0 Å². The van der Waals surface area contributed by atoms with Crippen molar-refractivity contribution in [3.63, 3.8) is 0 Å². The summed E-state index contributed by atoms with van der Waals surface area (Å²) in [6.45, 7) is 6.50. The van der Waals surface area contributed by atoms with E-state index in [9.17, 15) is 0 Å². The summed E-state index contributed by atoms with van der Waals surface area (Å²) in [6, 6.07) is 31.5. The Morgan fingerprint density at radius 2 is 1.77 bits per heavy atom. The Kier molecular flexibility index (Phi) is 7.33. The van der Waals surface area contributed by atoms with Gasteiger partial charge in [-0.15, -0.1) is 0 Å². The Balaban J connectivity index is 1.16. The number of rotatable bonds is 6. The molecule has 212 valence electrons. The highest BCUT2D eigenvalue weighted by atomic mass is 14.6. The molecule has 0 radical (unpaired) electrons. The predicted octanol–water partition coefficient (Wildman–Crippen LogP) is 8.57. The Morgan fingerprint density at radius 3 is 2.64 bits per heavy atom. The molecule has 2 nitrogen and oxygen atoms in total. The first-order valence-electron chi connectivity index (χ1n) is 15.2. The molecule has 44 heavy (non-hydrogen) atoms. The monoisotopic (exact) mass is 566 g/mol. The van der Waals surface area contributed by atoms with E-state index < -0.39 is 0 Å². The van der Waals surface area contributed by atoms with Crippen LogP contribution in [-0.4, -0.2) is 10.7 Å². The topological polar surface area (TPSA) is 36.7 Å². The SMILES string of the molecule is C=c1cc(/C=C\C(=N)c2ccccc2)cc/c1=C/C=C(\C)C1=CC2c3c(cccc3-c3cccc4cnccc34)CC2C=C1. The van der Waals surface area contributed by atoms with Gasteiger partial charge in [-0.05, 0) is 97.8 Å². The van der Waals surface area contributed by atoms with E-state index in [4.69, 9.17) is 5.41 Å². The number of hydrogen-bond acceptors (Lipinski definition) is 2. The van der Waals surface area contributed by atoms with Crippen LogP contribution in [0.1, 0.15) is 35.1 Å². The number of allylic oxidation sites excluding steroid dienone is 7. The van der Waals surface area contributed by atoms with E-state index in [0.29, 0.717) is 17.5 Å². The van der Waals surface area contributed by atoms with Crippen LogP contribution in [0.3, 0.4) is 0 Å². The second-order valence-corrected chi connectivity index (χ2v) is 11.7. The molecule has 2 atom stereocenters. The van der Waals surface area contributed by atoms with Crippen LogP contribution >= 0.6 is 0 Å². The fraction of sp³-hybridized carbons (Fsp3) is 0.0952. The quantitative estimate of drug-likeness (QED) is 0.205. The van der Waals surface area contributed by atoms with Crippen LogP contribution in [0, 0.1) is 11.3 Å². The van der Waals surface area contributed by atoms with Crippen molar-refractivity contribution in [2.45, 2.75) is 19.3 Å². The molecule has 2 aliphatic rings. The molecular formula is C42H34N2. The Morgan fingerprint density at radius 1 is 0.932 bits per heavy atom. The van der Waals surface area contributed by atoms with Crippen molar-refractivity contribution in [1.29, 1.82) is 5.41 Å². The van der Waals surface area contributed by atoms with Gasteiger partial charge in [0.05, 0.1) is 5.71 Å². The fourth-order valence-corrected chi connectivity index (χ4v) is 6.60. The third-order valence-corrected chi connectivity index (χ3v) is 8.96. The minimum absolute atomic E-state index is 0.353. The molecular weight excluding hydrogens is 532 g/mol. The van der Waals surface area contributed by atoms with E-state index in [1.54, 1.807) is 0 Å². The minimum Gasteiger partial charge on any atom is -0.300 e. The lowest BCUT2D eigenvalue weighted by molar-refractivity contribution is 0.627. The second-order valence-electron chi connectivity index (χ2n) is 11.7. The molecule has 5 aromatic rings. The van der Waals surface area contributed by atoms with Crippen molar-refractivity contribution in [3.05, 3.63) is 178 Å². The zero-order valence-electron chi connectivity index (χ0n) is 24.9. The average molecular weight is 567 g/mol. The van der Waals surface area contributed by atoms with Crippen molar-refractivity contribution in [3.8, 4) is 11.1 Å². The molecule has 2 aliphatic carbocycles. The van der Waals surface area contributed by atoms with Gasteiger partial charge in [-0.3, -0.25) is 4.98 Å². The molecule has 4 aromatic carbocycles. The van der Waals surface area contributed by atoms with Crippen LogP contribution in [0.25, 0.3) is 40.6 Å². The first-order valence-corrected chi connectivity index (χ1v) is 15.2. The summed E-state index contributed by atoms with van der Waals surface area (Å²) in [4.78, 5) is 4.35. The van der Waals surface area contributed by atoms with Crippen molar-refractivity contribution < 1.29 is 0 Å². The molecule has 0 spiro atoms. The van der Waals surface area contributed by atoms with E-state index in [1.165, 1.54) is 44.2 Å². The molecule has 0 amide bonds. The molecule has 1 N–H and O–H groups in total. The highest BCUT2D eigenvalue weighted by Gasteiger charge is 2.33. The highest BCUT2D eigenvalue weighted by Crippen LogP contribution is 2.48. The summed E-state index contributed by atoms with van der Waals surface area (Å²) in [5, 5.41) is 12.8. The van der Waals surface area contributed by atoms with Gasteiger partial charge >= 0.3 is 0 Å². The van der Waals surface area contributed by atoms with Crippen LogP contribution in [0.4, 0.5) is 0 Å². The van der Waals surface area contributed by atoms with Gasteiger partial charge in [-0.2, -0.15) is 0 Å². The Bertz CT molecular complexity index is 2140. The van der Waals surface area contributed by atoms with Gasteiger partial charge in [0.2, 0.25) is 0 Å². The van der Waals surface area contributed by atoms with Crippen LogP contribution in [0.15, 0.2) is 145 Å². The minimum atomic E-state index is 0.353. The maximum absolute atomic E-state index is 8.33. The normalized spacial score (nSPS) is 18.0. The van der Waals surface area contributed by atoms with Gasteiger partial charge in [0, 0.05) is 23.7 Å². The van der Waals surface area contributed by atoms with Crippen molar-refractivity contribution in [2.24, 2.45) is 5.92 Å². The molecule has 1 aromatic heterocycles. The summed E-state index contributed by atoms with van der Waals surface area (Å²) >= 11 is 0. The van der Waals surface area contributed by atoms with Gasteiger partial charge in [0.15, 0.2) is 0 Å². The van der Waals surface area contributed by atoms with E-state index in [2.05, 4.69) is 110 Å². The maximum atomic E-state index is 8.33. The molecule has 7 rings (SSSR count). The van der Waals surface area contributed by atoms with Crippen molar-refractivity contribution in [2.75, 3.05) is 0 Å². The zero-order valence-corrected chi connectivity index (χ0v) is 24.9. The van der Waals surface area contributed by atoms with E-state index in [0.717, 1.165) is 28.0 Å². The summed E-state index contributed by atoms with van der Waals surface area (Å²) in [6.07, 6.45) is 20.3. The number of hydrogen-bond donors (Lipinski definition) is 1. The number of fused-ring (bicyclic) bond motifs is 4. The number of benzene rings is 4. The largest absolute Gasteiger partial charge is 0.300 e. The molecule has 0 saturated heterocycles. The van der Waals surface area contributed by atoms with Gasteiger partial charge in [-0.1, -0.05) is 122 Å². The van der Waals surface area contributed by atoms with Crippen molar-refractivity contribution >= 4 is 35.2 Å². The zero-order chi connectivity index (χ0) is 30.0. The Hall–Kier alpha value is -5.34. The number of nitrogens with one attached hydrogen (secondary N) is 1. The highest BCUT2D eigenvalue weighted by molar-refractivity contribution is 6.08. The summed E-state index contributed by atoms with van der Waals surface area (Å²) in [5.41, 5.74) is 10.5. The van der Waals surface area contributed by atoms with E-state index in [1.807, 2.05) is 54.9 Å². The van der Waals surface area contributed by atoms with Crippen LogP contribution in [-0.2, 0) is 6.42 Å². The lowest BCUT2D eigenvalue weighted by Crippen LogP contribution is -2.22. The molecule has 0 saturated carbocycles. The van der Waals surface area contributed by atoms with Gasteiger partial charge in [0.1, 0.15) is 0 Å². The number of aromatic nitrogens is 1. The fourth-order valence-electron chi connectivity index (χ4n) is 6.60. The van der Waals surface area contributed by atoms with E-state index in [-0.39, 0.29) is 0 Å². The number of nitrogens with zero attached hydrogens (tertiary/aromatic N) is 1. The Labute approximate surface area is 259 Å². The van der Waals surface area contributed by atoms with Crippen LogP contribution in [0.5, 0.6) is 0 Å². The smallest absolute Gasteiger partial charge is 0.0612 e. The standard InChI is InChI=1S/C42H34N2/c1-28(14-17-31-18-15-30(24-29(31)2)16-21-41(43)32-8-4-3-5-9-32)33-19-20-34-25-35-10-6-13-39(42(35)40(34)26-33)38-12-7-11-36-27-44-23-22-37(36)38/h3-24,26-27,34,40,43H,2,25H2,1H3/b21-16-,28-14+,31-17-,43-41?. The summed E-state index contributed by atoms with van der Waals surface area (Å²) in [7, 11) is 0. The lowest BCUT2D eigenvalue weighted by atomic mass is 9.81. The molecule has 0 bridgehead atoms. The summed E-state index contributed by atoms with van der Waals surface area (Å²) in [5.74, 6) is 0.837. The number of pyridine rings is 1. The molecule has 0 aliphatic heterocycles. The molecule has 2 unspecified atom stereocenters. The lowest BCUT2D eigenvalue weighted by Gasteiger charge is -2.22.